The highest BCUT2D eigenvalue weighted by atomic mass is 16.6. The second-order valence-electron chi connectivity index (χ2n) is 6.99. The third-order valence-corrected chi connectivity index (χ3v) is 3.11. The SMILES string of the molecule is CN(C)CCCOc1ccc(C[C@H](N)C(=O)OC(C)(C)C)cc1. The van der Waals surface area contributed by atoms with E-state index in [1.54, 1.807) is 0 Å². The highest BCUT2D eigenvalue weighted by Crippen LogP contribution is 2.15. The molecule has 1 aromatic carbocycles. The molecule has 0 aliphatic carbocycles. The van der Waals surface area contributed by atoms with E-state index >= 15 is 0 Å². The fourth-order valence-corrected chi connectivity index (χ4v) is 2.01. The van der Waals surface area contributed by atoms with E-state index in [1.807, 2.05) is 59.1 Å². The predicted molar refractivity (Wildman–Crippen MR) is 92.6 cm³/mol. The van der Waals surface area contributed by atoms with Gasteiger partial charge in [0.1, 0.15) is 17.4 Å². The van der Waals surface area contributed by atoms with Crippen molar-refractivity contribution >= 4 is 5.97 Å². The Balaban J connectivity index is 2.42. The van der Waals surface area contributed by atoms with Crippen LogP contribution in [-0.2, 0) is 16.0 Å². The second-order valence-corrected chi connectivity index (χ2v) is 6.99. The van der Waals surface area contributed by atoms with Gasteiger partial charge in [0.2, 0.25) is 0 Å². The average Bonchev–Trinajstić information content (AvgIpc) is 2.43. The van der Waals surface area contributed by atoms with Gasteiger partial charge in [-0.3, -0.25) is 4.79 Å². The maximum Gasteiger partial charge on any atom is 0.323 e. The molecule has 1 rings (SSSR count). The van der Waals surface area contributed by atoms with Gasteiger partial charge < -0.3 is 20.1 Å². The molecule has 0 fully saturated rings. The minimum atomic E-state index is -0.652. The lowest BCUT2D eigenvalue weighted by molar-refractivity contribution is -0.156. The molecule has 0 saturated heterocycles. The topological polar surface area (TPSA) is 64.8 Å². The highest BCUT2D eigenvalue weighted by molar-refractivity contribution is 5.76. The molecule has 0 saturated carbocycles. The van der Waals surface area contributed by atoms with Crippen LogP contribution in [0.3, 0.4) is 0 Å². The normalized spacial score (nSPS) is 13.0. The Morgan fingerprint density at radius 1 is 1.22 bits per heavy atom. The van der Waals surface area contributed by atoms with Crippen molar-refractivity contribution in [1.29, 1.82) is 0 Å². The Labute approximate surface area is 139 Å². The molecule has 1 aromatic rings. The van der Waals surface area contributed by atoms with Crippen molar-refractivity contribution in [1.82, 2.24) is 4.90 Å². The highest BCUT2D eigenvalue weighted by Gasteiger charge is 2.22. The fraction of sp³-hybridized carbons (Fsp3) is 0.611. The molecular formula is C18H30N2O3. The van der Waals surface area contributed by atoms with Gasteiger partial charge in [-0.1, -0.05) is 12.1 Å². The first kappa shape index (κ1) is 19.5. The summed E-state index contributed by atoms with van der Waals surface area (Å²) in [6.45, 7) is 7.19. The number of nitrogens with two attached hydrogens (primary N) is 1. The van der Waals surface area contributed by atoms with Gasteiger partial charge in [-0.25, -0.2) is 0 Å². The quantitative estimate of drug-likeness (QED) is 0.587. The van der Waals surface area contributed by atoms with Crippen LogP contribution in [0, 0.1) is 0 Å². The molecule has 2 N–H and O–H groups in total. The van der Waals surface area contributed by atoms with Crippen molar-refractivity contribution in [2.24, 2.45) is 5.73 Å². The Bertz CT molecular complexity index is 478. The number of ether oxygens (including phenoxy) is 2. The molecule has 5 nitrogen and oxygen atoms in total. The van der Waals surface area contributed by atoms with Crippen molar-refractivity contribution < 1.29 is 14.3 Å². The molecule has 0 bridgehead atoms. The van der Waals surface area contributed by atoms with E-state index in [4.69, 9.17) is 15.2 Å². The summed E-state index contributed by atoms with van der Waals surface area (Å²) >= 11 is 0. The summed E-state index contributed by atoms with van der Waals surface area (Å²) in [5, 5.41) is 0. The number of nitrogens with zero attached hydrogens (tertiary/aromatic N) is 1. The zero-order valence-corrected chi connectivity index (χ0v) is 15.0. The number of benzene rings is 1. The molecule has 23 heavy (non-hydrogen) atoms. The van der Waals surface area contributed by atoms with Crippen LogP contribution in [-0.4, -0.2) is 49.8 Å². The summed E-state index contributed by atoms with van der Waals surface area (Å²) < 4.78 is 11.0. The number of carbonyl (C=O) groups excluding carboxylic acids is 1. The first-order chi connectivity index (χ1) is 10.7. The smallest absolute Gasteiger partial charge is 0.323 e. The molecular weight excluding hydrogens is 292 g/mol. The van der Waals surface area contributed by atoms with Crippen LogP contribution in [0.1, 0.15) is 32.8 Å². The van der Waals surface area contributed by atoms with Crippen molar-refractivity contribution in [2.75, 3.05) is 27.2 Å². The number of hydrogen-bond acceptors (Lipinski definition) is 5. The standard InChI is InChI=1S/C18H30N2O3/c1-18(2,3)23-17(21)16(19)13-14-7-9-15(10-8-14)22-12-6-11-20(4)5/h7-10,16H,6,11-13,19H2,1-5H3/t16-/m0/s1. The number of esters is 1. The molecule has 130 valence electrons. The first-order valence-electron chi connectivity index (χ1n) is 8.02. The van der Waals surface area contributed by atoms with Crippen molar-refractivity contribution in [3.05, 3.63) is 29.8 Å². The Kier molecular flexibility index (Phi) is 7.52. The van der Waals surface area contributed by atoms with Gasteiger partial charge in [0.05, 0.1) is 6.61 Å². The molecule has 1 atom stereocenters. The van der Waals surface area contributed by atoms with E-state index in [-0.39, 0.29) is 5.97 Å². The Morgan fingerprint density at radius 3 is 2.35 bits per heavy atom. The van der Waals surface area contributed by atoms with E-state index < -0.39 is 11.6 Å². The van der Waals surface area contributed by atoms with Crippen LogP contribution in [0.4, 0.5) is 0 Å². The lowest BCUT2D eigenvalue weighted by atomic mass is 10.1. The van der Waals surface area contributed by atoms with Crippen molar-refractivity contribution in [3.8, 4) is 5.75 Å². The van der Waals surface area contributed by atoms with Crippen LogP contribution in [0.25, 0.3) is 0 Å². The van der Waals surface area contributed by atoms with E-state index in [1.165, 1.54) is 0 Å². The van der Waals surface area contributed by atoms with Gasteiger partial charge >= 0.3 is 5.97 Å². The largest absolute Gasteiger partial charge is 0.494 e. The summed E-state index contributed by atoms with van der Waals surface area (Å²) in [5.74, 6) is 0.458. The monoisotopic (exact) mass is 322 g/mol. The summed E-state index contributed by atoms with van der Waals surface area (Å²) in [5.41, 5.74) is 6.39. The molecule has 0 radical (unpaired) electrons. The Hall–Kier alpha value is -1.59. The lowest BCUT2D eigenvalue weighted by Crippen LogP contribution is -2.38. The summed E-state index contributed by atoms with van der Waals surface area (Å²) in [6.07, 6.45) is 1.44. The molecule has 5 heteroatoms. The predicted octanol–water partition coefficient (Wildman–Crippen LogP) is 2.23. The van der Waals surface area contributed by atoms with Gasteiger partial charge in [0, 0.05) is 6.54 Å². The summed E-state index contributed by atoms with van der Waals surface area (Å²) in [7, 11) is 4.09. The van der Waals surface area contributed by atoms with E-state index in [0.717, 1.165) is 24.3 Å². The summed E-state index contributed by atoms with van der Waals surface area (Å²) in [6, 6.07) is 7.04. The third kappa shape index (κ3) is 8.57. The molecule has 0 unspecified atom stereocenters. The zero-order chi connectivity index (χ0) is 17.5. The lowest BCUT2D eigenvalue weighted by Gasteiger charge is -2.22. The first-order valence-corrected chi connectivity index (χ1v) is 8.02. The molecule has 0 heterocycles. The van der Waals surface area contributed by atoms with Gasteiger partial charge in [-0.15, -0.1) is 0 Å². The summed E-state index contributed by atoms with van der Waals surface area (Å²) in [4.78, 5) is 14.0. The van der Waals surface area contributed by atoms with Gasteiger partial charge in [0.25, 0.3) is 0 Å². The third-order valence-electron chi connectivity index (χ3n) is 3.11. The molecule has 0 aromatic heterocycles. The molecule has 0 amide bonds. The van der Waals surface area contributed by atoms with E-state index in [2.05, 4.69) is 4.90 Å². The molecule has 0 aliphatic rings. The van der Waals surface area contributed by atoms with Crippen LogP contribution in [0.15, 0.2) is 24.3 Å². The zero-order valence-electron chi connectivity index (χ0n) is 15.0. The fourth-order valence-electron chi connectivity index (χ4n) is 2.01. The van der Waals surface area contributed by atoms with Gasteiger partial charge in [0.15, 0.2) is 0 Å². The van der Waals surface area contributed by atoms with Crippen LogP contribution >= 0.6 is 0 Å². The van der Waals surface area contributed by atoms with E-state index in [9.17, 15) is 4.79 Å². The maximum absolute atomic E-state index is 11.9. The second kappa shape index (κ2) is 8.89. The maximum atomic E-state index is 11.9. The molecule has 0 spiro atoms. The minimum Gasteiger partial charge on any atom is -0.494 e. The number of rotatable bonds is 8. The minimum absolute atomic E-state index is 0.374. The van der Waals surface area contributed by atoms with Crippen molar-refractivity contribution in [3.63, 3.8) is 0 Å². The van der Waals surface area contributed by atoms with Crippen LogP contribution < -0.4 is 10.5 Å². The number of hydrogen-bond donors (Lipinski definition) is 1. The number of carbonyl (C=O) groups is 1. The van der Waals surface area contributed by atoms with Crippen LogP contribution in [0.2, 0.25) is 0 Å². The van der Waals surface area contributed by atoms with Crippen molar-refractivity contribution in [2.45, 2.75) is 45.3 Å². The average molecular weight is 322 g/mol. The molecule has 0 aliphatic heterocycles. The van der Waals surface area contributed by atoms with Gasteiger partial charge in [-0.2, -0.15) is 0 Å². The van der Waals surface area contributed by atoms with Crippen LogP contribution in [0.5, 0.6) is 5.75 Å². The van der Waals surface area contributed by atoms with Gasteiger partial charge in [-0.05, 0) is 65.4 Å². The Morgan fingerprint density at radius 2 is 1.83 bits per heavy atom. The van der Waals surface area contributed by atoms with E-state index in [0.29, 0.717) is 13.0 Å².